The van der Waals surface area contributed by atoms with Crippen LogP contribution in [0.2, 0.25) is 0 Å². The standard InChI is InChI=1S/C27H59N2O5P/c1-5-6-7-8-9-10-11-12-13-14-15-16-17-18-19-20-21-23-32-26-27(25-28)34-35(30,31)33-24-22-29(2,3)4/h27H,5-26,28H2,1-4H3/p+1. The monoisotopic (exact) mass is 523 g/mol. The van der Waals surface area contributed by atoms with E-state index in [2.05, 4.69) is 6.92 Å². The molecule has 0 rings (SSSR count). The lowest BCUT2D eigenvalue weighted by Gasteiger charge is -2.25. The van der Waals surface area contributed by atoms with Crippen LogP contribution in [-0.2, 0) is 18.3 Å². The molecule has 212 valence electrons. The van der Waals surface area contributed by atoms with Crippen molar-refractivity contribution in [1.29, 1.82) is 0 Å². The molecule has 0 aromatic carbocycles. The molecule has 0 aliphatic heterocycles. The number of phosphoric ester groups is 1. The van der Waals surface area contributed by atoms with Gasteiger partial charge in [-0.3, -0.25) is 9.05 Å². The fraction of sp³-hybridized carbons (Fsp3) is 1.00. The Hall–Kier alpha value is -0.0100. The van der Waals surface area contributed by atoms with Crippen molar-refractivity contribution in [3.05, 3.63) is 0 Å². The van der Waals surface area contributed by atoms with E-state index in [1.165, 1.54) is 96.3 Å². The van der Waals surface area contributed by atoms with Crippen LogP contribution < -0.4 is 5.73 Å². The van der Waals surface area contributed by atoms with Gasteiger partial charge in [-0.15, -0.1) is 0 Å². The van der Waals surface area contributed by atoms with Crippen LogP contribution in [0.5, 0.6) is 0 Å². The Morgan fingerprint density at radius 1 is 0.743 bits per heavy atom. The van der Waals surface area contributed by atoms with E-state index in [1.807, 2.05) is 21.1 Å². The van der Waals surface area contributed by atoms with Gasteiger partial charge in [0, 0.05) is 13.2 Å². The van der Waals surface area contributed by atoms with E-state index >= 15 is 0 Å². The number of rotatable bonds is 27. The Kier molecular flexibility index (Phi) is 23.1. The van der Waals surface area contributed by atoms with Crippen molar-refractivity contribution in [2.45, 2.75) is 122 Å². The van der Waals surface area contributed by atoms with Gasteiger partial charge in [0.1, 0.15) is 19.3 Å². The summed E-state index contributed by atoms with van der Waals surface area (Å²) in [5, 5.41) is 0. The van der Waals surface area contributed by atoms with Crippen LogP contribution in [0.15, 0.2) is 0 Å². The first-order chi connectivity index (χ1) is 16.7. The van der Waals surface area contributed by atoms with Crippen LogP contribution in [0.3, 0.4) is 0 Å². The molecule has 0 radical (unpaired) electrons. The van der Waals surface area contributed by atoms with Crippen molar-refractivity contribution in [2.75, 3.05) is 54.1 Å². The van der Waals surface area contributed by atoms with Crippen molar-refractivity contribution < 1.29 is 27.7 Å². The van der Waals surface area contributed by atoms with Crippen molar-refractivity contribution in [3.8, 4) is 0 Å². The molecule has 0 spiro atoms. The molecule has 0 aromatic rings. The van der Waals surface area contributed by atoms with E-state index in [4.69, 9.17) is 19.5 Å². The average Bonchev–Trinajstić information content (AvgIpc) is 2.78. The Balaban J connectivity index is 3.47. The second-order valence-corrected chi connectivity index (χ2v) is 12.4. The van der Waals surface area contributed by atoms with Gasteiger partial charge >= 0.3 is 7.82 Å². The van der Waals surface area contributed by atoms with Gasteiger partial charge in [0.25, 0.3) is 0 Å². The number of likely N-dealkylation sites (N-methyl/N-ethyl adjacent to an activating group) is 1. The number of unbranched alkanes of at least 4 members (excludes halogenated alkanes) is 16. The van der Waals surface area contributed by atoms with E-state index in [-0.39, 0.29) is 19.8 Å². The van der Waals surface area contributed by atoms with Gasteiger partial charge in [-0.05, 0) is 6.42 Å². The van der Waals surface area contributed by atoms with Gasteiger partial charge in [-0.1, -0.05) is 110 Å². The summed E-state index contributed by atoms with van der Waals surface area (Å²) < 4.78 is 28.5. The quantitative estimate of drug-likeness (QED) is 0.0697. The second-order valence-electron chi connectivity index (χ2n) is 11.0. The molecular formula is C27H60N2O5P+. The molecule has 0 saturated heterocycles. The lowest BCUT2D eigenvalue weighted by Crippen LogP contribution is -2.37. The maximum atomic E-state index is 12.1. The number of ether oxygens (including phenoxy) is 1. The molecule has 2 atom stereocenters. The van der Waals surface area contributed by atoms with Crippen molar-refractivity contribution in [2.24, 2.45) is 5.73 Å². The molecular weight excluding hydrogens is 463 g/mol. The van der Waals surface area contributed by atoms with Crippen LogP contribution in [-0.4, -0.2) is 69.5 Å². The first kappa shape index (κ1) is 35.0. The van der Waals surface area contributed by atoms with E-state index in [0.29, 0.717) is 17.6 Å². The van der Waals surface area contributed by atoms with Gasteiger partial charge in [0.15, 0.2) is 0 Å². The molecule has 0 fully saturated rings. The predicted octanol–water partition coefficient (Wildman–Crippen LogP) is 6.82. The Morgan fingerprint density at radius 3 is 1.57 bits per heavy atom. The SMILES string of the molecule is CCCCCCCCCCCCCCCCCCCOCC(CN)OP(=O)(O)OCC[N+](C)(C)C. The smallest absolute Gasteiger partial charge is 0.379 e. The molecule has 0 heterocycles. The molecule has 35 heavy (non-hydrogen) atoms. The summed E-state index contributed by atoms with van der Waals surface area (Å²) in [7, 11) is 1.85. The van der Waals surface area contributed by atoms with Gasteiger partial charge < -0.3 is 19.8 Å². The zero-order chi connectivity index (χ0) is 26.3. The molecule has 8 heteroatoms. The zero-order valence-electron chi connectivity index (χ0n) is 23.7. The zero-order valence-corrected chi connectivity index (χ0v) is 24.6. The first-order valence-electron chi connectivity index (χ1n) is 14.4. The summed E-state index contributed by atoms with van der Waals surface area (Å²) in [4.78, 5) is 9.86. The maximum Gasteiger partial charge on any atom is 0.472 e. The fourth-order valence-electron chi connectivity index (χ4n) is 3.93. The van der Waals surface area contributed by atoms with E-state index in [1.54, 1.807) is 0 Å². The van der Waals surface area contributed by atoms with Crippen LogP contribution in [0.4, 0.5) is 0 Å². The van der Waals surface area contributed by atoms with Crippen molar-refractivity contribution in [1.82, 2.24) is 0 Å². The van der Waals surface area contributed by atoms with Crippen LogP contribution in [0, 0.1) is 0 Å². The molecule has 0 saturated carbocycles. The largest absolute Gasteiger partial charge is 0.472 e. The third kappa shape index (κ3) is 26.9. The first-order valence-corrected chi connectivity index (χ1v) is 15.9. The summed E-state index contributed by atoms with van der Waals surface area (Å²) in [6.07, 6.45) is 22.2. The summed E-state index contributed by atoms with van der Waals surface area (Å²) in [6, 6.07) is 0. The lowest BCUT2D eigenvalue weighted by molar-refractivity contribution is -0.870. The highest BCUT2D eigenvalue weighted by atomic mass is 31.2. The van der Waals surface area contributed by atoms with E-state index in [0.717, 1.165) is 12.8 Å². The van der Waals surface area contributed by atoms with Crippen LogP contribution in [0.1, 0.15) is 116 Å². The summed E-state index contributed by atoms with van der Waals surface area (Å²) in [6.45, 7) is 3.98. The van der Waals surface area contributed by atoms with E-state index in [9.17, 15) is 9.46 Å². The van der Waals surface area contributed by atoms with Crippen LogP contribution in [0.25, 0.3) is 0 Å². The maximum absolute atomic E-state index is 12.1. The van der Waals surface area contributed by atoms with Crippen molar-refractivity contribution in [3.63, 3.8) is 0 Å². The summed E-state index contributed by atoms with van der Waals surface area (Å²) in [5.41, 5.74) is 5.66. The minimum Gasteiger partial charge on any atom is -0.379 e. The van der Waals surface area contributed by atoms with Gasteiger partial charge in [0.05, 0.1) is 27.7 Å². The Bertz CT molecular complexity index is 502. The molecule has 2 unspecified atom stereocenters. The van der Waals surface area contributed by atoms with Crippen LogP contribution >= 0.6 is 7.82 Å². The third-order valence-electron chi connectivity index (χ3n) is 6.26. The molecule has 0 aliphatic rings. The third-order valence-corrected chi connectivity index (χ3v) is 7.33. The van der Waals surface area contributed by atoms with Gasteiger partial charge in [-0.2, -0.15) is 0 Å². The van der Waals surface area contributed by atoms with Crippen molar-refractivity contribution >= 4 is 7.82 Å². The molecule has 0 amide bonds. The topological polar surface area (TPSA) is 91.0 Å². The lowest BCUT2D eigenvalue weighted by atomic mass is 10.0. The highest BCUT2D eigenvalue weighted by Gasteiger charge is 2.27. The molecule has 0 aromatic heterocycles. The average molecular weight is 524 g/mol. The minimum absolute atomic E-state index is 0.113. The van der Waals surface area contributed by atoms with Gasteiger partial charge in [0.2, 0.25) is 0 Å². The molecule has 0 bridgehead atoms. The normalized spacial score (nSPS) is 14.8. The number of nitrogens with two attached hydrogens (primary N) is 1. The second kappa shape index (κ2) is 23.1. The number of hydrogen-bond acceptors (Lipinski definition) is 5. The number of phosphoric acid groups is 1. The Labute approximate surface area is 217 Å². The number of quaternary nitrogens is 1. The highest BCUT2D eigenvalue weighted by molar-refractivity contribution is 7.47. The summed E-state index contributed by atoms with van der Waals surface area (Å²) in [5.74, 6) is 0. The Morgan fingerprint density at radius 2 is 1.17 bits per heavy atom. The minimum atomic E-state index is -4.12. The number of nitrogens with zero attached hydrogens (tertiary/aromatic N) is 1. The molecule has 3 N–H and O–H groups in total. The predicted molar refractivity (Wildman–Crippen MR) is 148 cm³/mol. The van der Waals surface area contributed by atoms with Gasteiger partial charge in [-0.25, -0.2) is 4.57 Å². The fourth-order valence-corrected chi connectivity index (χ4v) is 4.83. The number of hydrogen-bond donors (Lipinski definition) is 2. The highest BCUT2D eigenvalue weighted by Crippen LogP contribution is 2.44. The molecule has 0 aliphatic carbocycles. The summed E-state index contributed by atoms with van der Waals surface area (Å²) >= 11 is 0. The van der Waals surface area contributed by atoms with E-state index < -0.39 is 13.9 Å². The molecule has 7 nitrogen and oxygen atoms in total.